The maximum atomic E-state index is 13.9. The number of benzene rings is 1. The molecule has 0 saturated heterocycles. The van der Waals surface area contributed by atoms with E-state index in [1.165, 1.54) is 6.20 Å². The smallest absolute Gasteiger partial charge is 0.253 e. The summed E-state index contributed by atoms with van der Waals surface area (Å²) in [6.07, 6.45) is 2.05. The van der Waals surface area contributed by atoms with Crippen LogP contribution < -0.4 is 5.32 Å². The lowest BCUT2D eigenvalue weighted by molar-refractivity contribution is 0.0946. The summed E-state index contributed by atoms with van der Waals surface area (Å²) in [5.74, 6) is -3.67. The molecule has 1 aromatic carbocycles. The average molecular weight is 344 g/mol. The first-order valence-electron chi connectivity index (χ1n) is 7.51. The molecule has 25 heavy (non-hydrogen) atoms. The van der Waals surface area contributed by atoms with Gasteiger partial charge in [0.1, 0.15) is 5.82 Å². The first-order valence-corrected chi connectivity index (χ1v) is 7.51. The third-order valence-corrected chi connectivity index (χ3v) is 3.99. The van der Waals surface area contributed by atoms with Crippen LogP contribution in [0.15, 0.2) is 30.5 Å². The van der Waals surface area contributed by atoms with Gasteiger partial charge in [-0.05, 0) is 18.2 Å². The lowest BCUT2D eigenvalue weighted by Gasteiger charge is -2.10. The van der Waals surface area contributed by atoms with E-state index in [1.54, 1.807) is 12.1 Å². The molecule has 126 valence electrons. The van der Waals surface area contributed by atoms with Gasteiger partial charge < -0.3 is 10.3 Å². The van der Waals surface area contributed by atoms with Crippen LogP contribution in [0.4, 0.5) is 13.2 Å². The number of nitrogens with one attached hydrogen (secondary N) is 2. The zero-order chi connectivity index (χ0) is 17.6. The third kappa shape index (κ3) is 2.65. The lowest BCUT2D eigenvalue weighted by atomic mass is 10.1. The molecule has 1 aliphatic heterocycles. The summed E-state index contributed by atoms with van der Waals surface area (Å²) in [6.45, 7) is 0.543. The van der Waals surface area contributed by atoms with Gasteiger partial charge in [0.05, 0.1) is 22.5 Å². The number of amides is 1. The second-order valence-corrected chi connectivity index (χ2v) is 5.59. The van der Waals surface area contributed by atoms with E-state index in [9.17, 15) is 18.0 Å². The second kappa shape index (κ2) is 5.73. The van der Waals surface area contributed by atoms with Gasteiger partial charge in [0.2, 0.25) is 0 Å². The molecule has 0 aliphatic carbocycles. The van der Waals surface area contributed by atoms with E-state index in [4.69, 9.17) is 0 Å². The first-order chi connectivity index (χ1) is 12.0. The number of hydrogen-bond acceptors (Lipinski definition) is 3. The molecule has 1 aliphatic rings. The molecule has 0 saturated carbocycles. The Bertz CT molecular complexity index is 1000. The van der Waals surface area contributed by atoms with Crippen molar-refractivity contribution >= 4 is 5.91 Å². The van der Waals surface area contributed by atoms with Crippen LogP contribution in [0.2, 0.25) is 0 Å². The van der Waals surface area contributed by atoms with Crippen LogP contribution in [0.5, 0.6) is 0 Å². The maximum absolute atomic E-state index is 13.9. The molecule has 0 atom stereocenters. The SMILES string of the molecule is O=C1NCCc2[nH]c(-c3ccnc(-c4cc(F)c(F)cc4F)n3)cc21. The van der Waals surface area contributed by atoms with Gasteiger partial charge in [-0.1, -0.05) is 0 Å². The van der Waals surface area contributed by atoms with Gasteiger partial charge in [-0.15, -0.1) is 0 Å². The highest BCUT2D eigenvalue weighted by Gasteiger charge is 2.21. The summed E-state index contributed by atoms with van der Waals surface area (Å²) in [7, 11) is 0. The molecule has 0 bridgehead atoms. The number of halogens is 3. The molecular formula is C17H11F3N4O. The van der Waals surface area contributed by atoms with Crippen molar-refractivity contribution in [1.29, 1.82) is 0 Å². The Kier molecular flexibility index (Phi) is 3.52. The molecule has 2 aromatic heterocycles. The van der Waals surface area contributed by atoms with Crippen molar-refractivity contribution in [3.05, 3.63) is 59.2 Å². The van der Waals surface area contributed by atoms with Crippen molar-refractivity contribution in [2.24, 2.45) is 0 Å². The summed E-state index contributed by atoms with van der Waals surface area (Å²) < 4.78 is 40.4. The van der Waals surface area contributed by atoms with Gasteiger partial charge in [-0.25, -0.2) is 23.1 Å². The summed E-state index contributed by atoms with van der Waals surface area (Å²) in [5, 5.41) is 2.74. The van der Waals surface area contributed by atoms with Crippen molar-refractivity contribution in [2.45, 2.75) is 6.42 Å². The minimum absolute atomic E-state index is 0.0778. The monoisotopic (exact) mass is 344 g/mol. The quantitative estimate of drug-likeness (QED) is 0.703. The van der Waals surface area contributed by atoms with Crippen molar-refractivity contribution in [3.63, 3.8) is 0 Å². The van der Waals surface area contributed by atoms with E-state index in [2.05, 4.69) is 20.3 Å². The molecule has 0 fully saturated rings. The molecule has 3 aromatic rings. The van der Waals surface area contributed by atoms with Gasteiger partial charge in [-0.2, -0.15) is 0 Å². The van der Waals surface area contributed by atoms with E-state index < -0.39 is 17.5 Å². The number of carbonyl (C=O) groups is 1. The molecule has 8 heteroatoms. The Morgan fingerprint density at radius 2 is 1.80 bits per heavy atom. The van der Waals surface area contributed by atoms with Crippen molar-refractivity contribution < 1.29 is 18.0 Å². The predicted molar refractivity (Wildman–Crippen MR) is 83.2 cm³/mol. The van der Waals surface area contributed by atoms with Crippen LogP contribution in [-0.4, -0.2) is 27.4 Å². The van der Waals surface area contributed by atoms with Crippen LogP contribution in [0.3, 0.4) is 0 Å². The van der Waals surface area contributed by atoms with Gasteiger partial charge in [0.15, 0.2) is 17.5 Å². The Morgan fingerprint density at radius 3 is 2.60 bits per heavy atom. The van der Waals surface area contributed by atoms with Gasteiger partial charge >= 0.3 is 0 Å². The molecule has 4 rings (SSSR count). The molecule has 1 amide bonds. The highest BCUT2D eigenvalue weighted by atomic mass is 19.2. The number of rotatable bonds is 2. The van der Waals surface area contributed by atoms with E-state index in [0.717, 1.165) is 11.8 Å². The maximum Gasteiger partial charge on any atom is 0.253 e. The van der Waals surface area contributed by atoms with Crippen molar-refractivity contribution in [1.82, 2.24) is 20.3 Å². The fourth-order valence-corrected chi connectivity index (χ4v) is 2.76. The normalized spacial score (nSPS) is 13.5. The zero-order valence-electron chi connectivity index (χ0n) is 12.7. The zero-order valence-corrected chi connectivity index (χ0v) is 12.7. The predicted octanol–water partition coefficient (Wildman–Crippen LogP) is 2.84. The second-order valence-electron chi connectivity index (χ2n) is 5.59. The molecular weight excluding hydrogens is 333 g/mol. The van der Waals surface area contributed by atoms with Gasteiger partial charge in [0.25, 0.3) is 5.91 Å². The van der Waals surface area contributed by atoms with E-state index >= 15 is 0 Å². The number of aromatic amines is 1. The first kappa shape index (κ1) is 15.4. The fraction of sp³-hybridized carbons (Fsp3) is 0.118. The Morgan fingerprint density at radius 1 is 1.00 bits per heavy atom. The third-order valence-electron chi connectivity index (χ3n) is 3.99. The largest absolute Gasteiger partial charge is 0.356 e. The molecule has 0 radical (unpaired) electrons. The summed E-state index contributed by atoms with van der Waals surface area (Å²) >= 11 is 0. The molecule has 0 unspecified atom stereocenters. The highest BCUT2D eigenvalue weighted by Crippen LogP contribution is 2.26. The van der Waals surface area contributed by atoms with E-state index in [1.807, 2.05) is 0 Å². The van der Waals surface area contributed by atoms with Crippen molar-refractivity contribution in [2.75, 3.05) is 6.54 Å². The molecule has 0 spiro atoms. The summed E-state index contributed by atoms with van der Waals surface area (Å²) in [6, 6.07) is 4.41. The minimum atomic E-state index is -1.28. The van der Waals surface area contributed by atoms with E-state index in [0.29, 0.717) is 36.0 Å². The summed E-state index contributed by atoms with van der Waals surface area (Å²) in [4.78, 5) is 23.1. The Labute approximate surface area is 139 Å². The molecule has 3 heterocycles. The number of carbonyl (C=O) groups excluding carboxylic acids is 1. The lowest BCUT2D eigenvalue weighted by Crippen LogP contribution is -2.31. The van der Waals surface area contributed by atoms with Crippen LogP contribution in [-0.2, 0) is 6.42 Å². The summed E-state index contributed by atoms with van der Waals surface area (Å²) in [5.41, 5.74) is 2.05. The Hall–Kier alpha value is -3.16. The average Bonchev–Trinajstić information content (AvgIpc) is 3.04. The van der Waals surface area contributed by atoms with E-state index in [-0.39, 0.29) is 17.3 Å². The number of nitrogens with zero attached hydrogens (tertiary/aromatic N) is 2. The molecule has 5 nitrogen and oxygen atoms in total. The Balaban J connectivity index is 1.78. The van der Waals surface area contributed by atoms with Crippen molar-refractivity contribution in [3.8, 4) is 22.8 Å². The van der Waals surface area contributed by atoms with Crippen LogP contribution in [0.25, 0.3) is 22.8 Å². The standard InChI is InChI=1S/C17H11F3N4O/c18-10-7-12(20)11(19)5-8(10)16-21-3-2-14(24-16)15-6-9-13(23-15)1-4-22-17(9)25/h2-3,5-7,23H,1,4H2,(H,22,25). The van der Waals surface area contributed by atoms with Gasteiger partial charge in [-0.3, -0.25) is 4.79 Å². The molecule has 2 N–H and O–H groups in total. The minimum Gasteiger partial charge on any atom is -0.356 e. The van der Waals surface area contributed by atoms with Gasteiger partial charge in [0, 0.05) is 30.9 Å². The number of hydrogen-bond donors (Lipinski definition) is 2. The number of fused-ring (bicyclic) bond motifs is 1. The highest BCUT2D eigenvalue weighted by molar-refractivity contribution is 5.97. The van der Waals surface area contributed by atoms with Crippen LogP contribution in [0, 0.1) is 17.5 Å². The topological polar surface area (TPSA) is 70.7 Å². The number of H-pyrrole nitrogens is 1. The fourth-order valence-electron chi connectivity index (χ4n) is 2.76. The van der Waals surface area contributed by atoms with Crippen LogP contribution in [0.1, 0.15) is 16.1 Å². The number of aromatic nitrogens is 3. The van der Waals surface area contributed by atoms with Crippen LogP contribution >= 0.6 is 0 Å².